The number of hydrogen-bond donors (Lipinski definition) is 0. The molecule has 3 saturated heterocycles. The number of carbonyl (C=O) groups excluding carboxylic acids is 2. The van der Waals surface area contributed by atoms with Gasteiger partial charge in [0.2, 0.25) is 0 Å². The first-order valence-corrected chi connectivity index (χ1v) is 9.06. The van der Waals surface area contributed by atoms with Gasteiger partial charge < -0.3 is 14.5 Å². The number of benzene rings is 1. The second-order valence-electron chi connectivity index (χ2n) is 5.69. The van der Waals surface area contributed by atoms with Gasteiger partial charge in [-0.1, -0.05) is 33.7 Å². The van der Waals surface area contributed by atoms with Gasteiger partial charge in [-0.15, -0.1) is 0 Å². The second kappa shape index (κ2) is 5.09. The average molecular weight is 338 g/mol. The smallest absolute Gasteiger partial charge is 0.261 e. The number of methoxy groups -OCH3 is 1. The van der Waals surface area contributed by atoms with E-state index in [0.29, 0.717) is 6.42 Å². The van der Waals surface area contributed by atoms with Gasteiger partial charge in [-0.05, 0) is 24.6 Å². The highest BCUT2D eigenvalue weighted by atomic mass is 33.1. The molecule has 3 aliphatic rings. The van der Waals surface area contributed by atoms with Gasteiger partial charge in [0.25, 0.3) is 11.8 Å². The van der Waals surface area contributed by atoms with E-state index in [1.165, 1.54) is 21.6 Å². The molecule has 0 saturated carbocycles. The van der Waals surface area contributed by atoms with E-state index >= 15 is 0 Å². The molecule has 1 aromatic rings. The average Bonchev–Trinajstić information content (AvgIpc) is 2.53. The molecule has 1 aromatic carbocycles. The van der Waals surface area contributed by atoms with E-state index in [0.717, 1.165) is 11.3 Å². The summed E-state index contributed by atoms with van der Waals surface area (Å²) in [4.78, 5) is 27.0. The number of ether oxygens (including phenoxy) is 1. The highest BCUT2D eigenvalue weighted by Crippen LogP contribution is 2.58. The zero-order valence-corrected chi connectivity index (χ0v) is 14.6. The minimum atomic E-state index is -0.888. The molecular weight excluding hydrogens is 320 g/mol. The lowest BCUT2D eigenvalue weighted by Gasteiger charge is -2.58. The fraction of sp³-hybridized carbons (Fsp3) is 0.467. The lowest BCUT2D eigenvalue weighted by atomic mass is 9.98. The summed E-state index contributed by atoms with van der Waals surface area (Å²) in [6, 6.07) is 7.63. The Morgan fingerprint density at radius 2 is 1.86 bits per heavy atom. The summed E-state index contributed by atoms with van der Waals surface area (Å²) in [5.74, 6) is 0.697. The van der Waals surface area contributed by atoms with Crippen LogP contribution in [0.25, 0.3) is 0 Å². The molecule has 7 heteroatoms. The zero-order chi connectivity index (χ0) is 16.1. The summed E-state index contributed by atoms with van der Waals surface area (Å²) in [5, 5.41) is 0. The summed E-state index contributed by atoms with van der Waals surface area (Å²) in [7, 11) is 7.99. The van der Waals surface area contributed by atoms with Gasteiger partial charge in [0, 0.05) is 20.5 Å². The van der Waals surface area contributed by atoms with Crippen LogP contribution in [-0.2, 0) is 16.0 Å². The Morgan fingerprint density at radius 3 is 2.55 bits per heavy atom. The van der Waals surface area contributed by atoms with E-state index in [4.69, 9.17) is 4.74 Å². The Balaban J connectivity index is 2.00. The van der Waals surface area contributed by atoms with E-state index in [9.17, 15) is 9.59 Å². The van der Waals surface area contributed by atoms with Crippen molar-refractivity contribution >= 4 is 33.4 Å². The van der Waals surface area contributed by atoms with Crippen LogP contribution in [0.2, 0.25) is 0 Å². The third kappa shape index (κ3) is 1.95. The molecule has 5 nitrogen and oxygen atoms in total. The predicted octanol–water partition coefficient (Wildman–Crippen LogP) is 1.98. The maximum atomic E-state index is 12.9. The number of rotatable bonds is 3. The van der Waals surface area contributed by atoms with Crippen LogP contribution in [0, 0.1) is 0 Å². The number of hydrogen-bond acceptors (Lipinski definition) is 5. The molecule has 3 fully saturated rings. The summed E-state index contributed by atoms with van der Waals surface area (Å²) >= 11 is 0. The van der Waals surface area contributed by atoms with Gasteiger partial charge in [-0.25, -0.2) is 0 Å². The Kier molecular flexibility index (Phi) is 3.60. The molecular formula is C15H18N2O3S2. The fourth-order valence-corrected chi connectivity index (χ4v) is 6.34. The zero-order valence-electron chi connectivity index (χ0n) is 13.0. The van der Waals surface area contributed by atoms with Crippen LogP contribution in [-0.4, -0.2) is 52.6 Å². The van der Waals surface area contributed by atoms with Gasteiger partial charge in [0.05, 0.1) is 7.11 Å². The summed E-state index contributed by atoms with van der Waals surface area (Å²) in [5.41, 5.74) is 0.972. The number of nitrogens with zero attached hydrogens (tertiary/aromatic N) is 2. The predicted molar refractivity (Wildman–Crippen MR) is 88.6 cm³/mol. The summed E-state index contributed by atoms with van der Waals surface area (Å²) in [6.07, 6.45) is 0.462. The van der Waals surface area contributed by atoms with Gasteiger partial charge in [-0.2, -0.15) is 0 Å². The first-order valence-electron chi connectivity index (χ1n) is 6.91. The molecule has 22 heavy (non-hydrogen) atoms. The van der Waals surface area contributed by atoms with E-state index in [-0.39, 0.29) is 11.8 Å². The lowest BCUT2D eigenvalue weighted by molar-refractivity contribution is -0.162. The van der Waals surface area contributed by atoms with Crippen molar-refractivity contribution in [2.45, 2.75) is 23.1 Å². The van der Waals surface area contributed by atoms with Gasteiger partial charge in [0.15, 0.2) is 9.74 Å². The van der Waals surface area contributed by atoms with E-state index in [1.807, 2.05) is 24.3 Å². The van der Waals surface area contributed by atoms with E-state index < -0.39 is 9.74 Å². The summed E-state index contributed by atoms with van der Waals surface area (Å²) < 4.78 is 5.24. The van der Waals surface area contributed by atoms with Crippen molar-refractivity contribution in [3.8, 4) is 5.75 Å². The van der Waals surface area contributed by atoms with Crippen molar-refractivity contribution < 1.29 is 14.3 Å². The van der Waals surface area contributed by atoms with Gasteiger partial charge >= 0.3 is 0 Å². The number of piperazine rings is 1. The Bertz CT molecular complexity index is 653. The molecule has 4 rings (SSSR count). The molecule has 2 atom stereocenters. The van der Waals surface area contributed by atoms with Crippen LogP contribution in [0.4, 0.5) is 0 Å². The van der Waals surface area contributed by atoms with Gasteiger partial charge in [0.1, 0.15) is 5.75 Å². The maximum Gasteiger partial charge on any atom is 0.261 e. The molecule has 2 unspecified atom stereocenters. The van der Waals surface area contributed by atoms with Crippen molar-refractivity contribution in [1.82, 2.24) is 9.80 Å². The van der Waals surface area contributed by atoms with Crippen LogP contribution in [0.5, 0.6) is 5.75 Å². The van der Waals surface area contributed by atoms with Crippen LogP contribution < -0.4 is 4.74 Å². The molecule has 2 amide bonds. The Morgan fingerprint density at radius 1 is 1.14 bits per heavy atom. The van der Waals surface area contributed by atoms with Crippen molar-refractivity contribution in [3.05, 3.63) is 29.8 Å². The largest absolute Gasteiger partial charge is 0.497 e. The molecule has 0 radical (unpaired) electrons. The van der Waals surface area contributed by atoms with Crippen molar-refractivity contribution in [1.29, 1.82) is 0 Å². The first-order chi connectivity index (χ1) is 10.3. The molecule has 3 heterocycles. The SMILES string of the molecule is COc1cccc(CC23SSC(C)(C(=O)N2C)N(C)C3=O)c1. The highest BCUT2D eigenvalue weighted by molar-refractivity contribution is 8.78. The molecule has 2 bridgehead atoms. The normalized spacial score (nSPS) is 30.9. The monoisotopic (exact) mass is 338 g/mol. The van der Waals surface area contributed by atoms with Gasteiger partial charge in [-0.3, -0.25) is 9.59 Å². The Labute approximate surface area is 137 Å². The Hall–Kier alpha value is -1.34. The number of carbonyl (C=O) groups is 2. The maximum absolute atomic E-state index is 12.9. The molecule has 118 valence electrons. The standard InChI is InChI=1S/C15H18N2O3S2/c1-14-12(18)17(3)15(22-21-14,13(19)16(14)2)9-10-6-5-7-11(8-10)20-4/h5-8H,9H2,1-4H3. The molecule has 0 spiro atoms. The molecule has 3 aliphatic heterocycles. The van der Waals surface area contributed by atoms with Crippen LogP contribution in [0.3, 0.4) is 0 Å². The molecule has 0 aliphatic carbocycles. The van der Waals surface area contributed by atoms with Crippen LogP contribution >= 0.6 is 21.6 Å². The van der Waals surface area contributed by atoms with E-state index in [1.54, 1.807) is 37.9 Å². The van der Waals surface area contributed by atoms with Crippen molar-refractivity contribution in [3.63, 3.8) is 0 Å². The van der Waals surface area contributed by atoms with E-state index in [2.05, 4.69) is 0 Å². The highest BCUT2D eigenvalue weighted by Gasteiger charge is 2.65. The minimum Gasteiger partial charge on any atom is -0.497 e. The number of likely N-dealkylation sites (N-methyl/N-ethyl adjacent to an activating group) is 2. The summed E-state index contributed by atoms with van der Waals surface area (Å²) in [6.45, 7) is 1.80. The molecule has 0 aromatic heterocycles. The minimum absolute atomic E-state index is 0.0244. The lowest BCUT2D eigenvalue weighted by Crippen LogP contribution is -2.75. The third-order valence-corrected chi connectivity index (χ3v) is 8.22. The number of fused-ring (bicyclic) bond motifs is 3. The topological polar surface area (TPSA) is 49.9 Å². The first kappa shape index (κ1) is 15.6. The quantitative estimate of drug-likeness (QED) is 0.789. The van der Waals surface area contributed by atoms with Crippen molar-refractivity contribution in [2.24, 2.45) is 0 Å². The fourth-order valence-electron chi connectivity index (χ4n) is 2.83. The van der Waals surface area contributed by atoms with Crippen molar-refractivity contribution in [2.75, 3.05) is 21.2 Å². The van der Waals surface area contributed by atoms with Crippen LogP contribution in [0.15, 0.2) is 24.3 Å². The second-order valence-corrected chi connectivity index (χ2v) is 8.49. The number of amides is 2. The molecule has 0 N–H and O–H groups in total. The van der Waals surface area contributed by atoms with Crippen LogP contribution in [0.1, 0.15) is 12.5 Å². The third-order valence-electron chi connectivity index (χ3n) is 4.44.